The molecule has 1 aromatic carbocycles. The van der Waals surface area contributed by atoms with E-state index in [1.807, 2.05) is 0 Å². The number of hydrogen-bond acceptors (Lipinski definition) is 4. The first kappa shape index (κ1) is 19.5. The van der Waals surface area contributed by atoms with Crippen molar-refractivity contribution in [2.24, 2.45) is 0 Å². The van der Waals surface area contributed by atoms with Gasteiger partial charge < -0.3 is 18.9 Å². The Labute approximate surface area is 151 Å². The summed E-state index contributed by atoms with van der Waals surface area (Å²) in [4.78, 5) is 0. The normalized spacial score (nSPS) is 32.4. The third kappa shape index (κ3) is 4.00. The lowest BCUT2D eigenvalue weighted by Crippen LogP contribution is -2.49. The molecular formula is C19H25F3O4. The summed E-state index contributed by atoms with van der Waals surface area (Å²) in [5.74, 6) is -2.20. The van der Waals surface area contributed by atoms with E-state index in [2.05, 4.69) is 0 Å². The van der Waals surface area contributed by atoms with Gasteiger partial charge in [0.05, 0.1) is 26.4 Å². The second-order valence-electron chi connectivity index (χ2n) is 6.85. The Hall–Kier alpha value is -1.31. The summed E-state index contributed by atoms with van der Waals surface area (Å²) in [6.07, 6.45) is 0.550. The van der Waals surface area contributed by atoms with Crippen LogP contribution < -0.4 is 4.74 Å². The van der Waals surface area contributed by atoms with Crippen LogP contribution in [0, 0.1) is 11.6 Å². The molecule has 0 spiro atoms. The van der Waals surface area contributed by atoms with Crippen LogP contribution in [0.2, 0.25) is 0 Å². The van der Waals surface area contributed by atoms with E-state index in [9.17, 15) is 13.2 Å². The molecule has 0 saturated carbocycles. The van der Waals surface area contributed by atoms with Crippen LogP contribution in [0.3, 0.4) is 0 Å². The molecule has 2 atom stereocenters. The van der Waals surface area contributed by atoms with Gasteiger partial charge in [0.2, 0.25) is 5.82 Å². The Balaban J connectivity index is 1.58. The van der Waals surface area contributed by atoms with Gasteiger partial charge >= 0.3 is 0 Å². The van der Waals surface area contributed by atoms with Crippen molar-refractivity contribution in [1.29, 1.82) is 0 Å². The summed E-state index contributed by atoms with van der Waals surface area (Å²) < 4.78 is 64.3. The minimum Gasteiger partial charge on any atom is -0.491 e. The summed E-state index contributed by atoms with van der Waals surface area (Å²) >= 11 is 0. The van der Waals surface area contributed by atoms with Crippen LogP contribution in [-0.2, 0) is 14.2 Å². The fourth-order valence-corrected chi connectivity index (χ4v) is 3.33. The summed E-state index contributed by atoms with van der Waals surface area (Å²) in [6.45, 7) is 3.92. The largest absolute Gasteiger partial charge is 0.491 e. The highest BCUT2D eigenvalue weighted by atomic mass is 19.2. The van der Waals surface area contributed by atoms with Crippen LogP contribution in [-0.4, -0.2) is 44.5 Å². The fourth-order valence-electron chi connectivity index (χ4n) is 3.33. The number of hydrogen-bond donors (Lipinski definition) is 0. The molecule has 0 radical (unpaired) electrons. The minimum absolute atomic E-state index is 0.0177. The molecule has 146 valence electrons. The molecule has 0 amide bonds. The Morgan fingerprint density at radius 3 is 2.38 bits per heavy atom. The predicted octanol–water partition coefficient (Wildman–Crippen LogP) is 4.12. The zero-order valence-corrected chi connectivity index (χ0v) is 15.1. The maximum atomic E-state index is 14.3. The van der Waals surface area contributed by atoms with Crippen molar-refractivity contribution in [2.75, 3.05) is 26.4 Å². The van der Waals surface area contributed by atoms with Gasteiger partial charge in [-0.1, -0.05) is 13.0 Å². The van der Waals surface area contributed by atoms with Crippen molar-refractivity contribution in [3.05, 3.63) is 29.3 Å². The van der Waals surface area contributed by atoms with Crippen molar-refractivity contribution in [2.45, 2.75) is 57.1 Å². The molecule has 0 aromatic heterocycles. The predicted molar refractivity (Wildman–Crippen MR) is 89.1 cm³/mol. The molecule has 2 fully saturated rings. The molecule has 2 aliphatic heterocycles. The number of alkyl halides is 1. The Bertz CT molecular complexity index is 609. The van der Waals surface area contributed by atoms with E-state index in [4.69, 9.17) is 18.9 Å². The fraction of sp³-hybridized carbons (Fsp3) is 0.684. The number of benzene rings is 1. The van der Waals surface area contributed by atoms with Gasteiger partial charge in [0, 0.05) is 5.92 Å². The zero-order valence-electron chi connectivity index (χ0n) is 15.1. The number of ether oxygens (including phenoxy) is 4. The molecule has 0 N–H and O–H groups in total. The van der Waals surface area contributed by atoms with E-state index in [0.29, 0.717) is 19.3 Å². The molecule has 1 aromatic rings. The van der Waals surface area contributed by atoms with Crippen LogP contribution in [0.1, 0.15) is 44.6 Å². The molecule has 26 heavy (non-hydrogen) atoms. The quantitative estimate of drug-likeness (QED) is 0.777. The molecule has 2 unspecified atom stereocenters. The van der Waals surface area contributed by atoms with Gasteiger partial charge in [0.1, 0.15) is 6.10 Å². The molecule has 0 aliphatic carbocycles. The van der Waals surface area contributed by atoms with Crippen molar-refractivity contribution < 1.29 is 32.1 Å². The summed E-state index contributed by atoms with van der Waals surface area (Å²) in [5, 5.41) is 0. The number of halogens is 3. The molecule has 0 bridgehead atoms. The smallest absolute Gasteiger partial charge is 0.200 e. The first-order valence-electron chi connectivity index (χ1n) is 9.12. The molecule has 2 saturated heterocycles. The second kappa shape index (κ2) is 8.15. The van der Waals surface area contributed by atoms with Crippen LogP contribution in [0.5, 0.6) is 5.75 Å². The van der Waals surface area contributed by atoms with Crippen LogP contribution in [0.25, 0.3) is 0 Å². The van der Waals surface area contributed by atoms with Crippen LogP contribution in [0.4, 0.5) is 13.2 Å². The van der Waals surface area contributed by atoms with Crippen molar-refractivity contribution >= 4 is 0 Å². The average Bonchev–Trinajstić information content (AvgIpc) is 2.67. The van der Waals surface area contributed by atoms with Crippen LogP contribution >= 0.6 is 0 Å². The monoisotopic (exact) mass is 374 g/mol. The van der Waals surface area contributed by atoms with E-state index in [-0.39, 0.29) is 49.8 Å². The van der Waals surface area contributed by atoms with Gasteiger partial charge in [-0.25, -0.2) is 8.78 Å². The van der Waals surface area contributed by atoms with E-state index in [1.54, 1.807) is 19.9 Å². The van der Waals surface area contributed by atoms with E-state index in [1.165, 1.54) is 6.07 Å². The standard InChI is InChI=1S/C19H25F3O4/c1-3-19(22)10-25-18(26-11-19)15-7-5-12(9-24-15)13-6-8-14(23-4-2)17(21)16(13)20/h6,8,12,15,18H,3-5,7,9-11H2,1-2H3. The van der Waals surface area contributed by atoms with E-state index < -0.39 is 23.6 Å². The first-order valence-corrected chi connectivity index (χ1v) is 9.12. The van der Waals surface area contributed by atoms with E-state index >= 15 is 0 Å². The maximum Gasteiger partial charge on any atom is 0.200 e. The lowest BCUT2D eigenvalue weighted by atomic mass is 9.90. The Kier molecular flexibility index (Phi) is 6.10. The van der Waals surface area contributed by atoms with Gasteiger partial charge in [-0.15, -0.1) is 0 Å². The molecule has 2 aliphatic rings. The first-order chi connectivity index (χ1) is 12.5. The Morgan fingerprint density at radius 2 is 1.81 bits per heavy atom. The SMILES string of the molecule is CCOc1ccc(C2CCC(C3OCC(F)(CC)CO3)OC2)c(F)c1F. The zero-order chi connectivity index (χ0) is 18.7. The van der Waals surface area contributed by atoms with Crippen molar-refractivity contribution in [3.8, 4) is 5.75 Å². The summed E-state index contributed by atoms with van der Waals surface area (Å²) in [6, 6.07) is 2.99. The average molecular weight is 374 g/mol. The van der Waals surface area contributed by atoms with Gasteiger partial charge in [-0.05, 0) is 37.8 Å². The molecule has 7 heteroatoms. The third-order valence-corrected chi connectivity index (χ3v) is 5.08. The van der Waals surface area contributed by atoms with Gasteiger partial charge in [0.15, 0.2) is 23.5 Å². The third-order valence-electron chi connectivity index (χ3n) is 5.08. The molecule has 2 heterocycles. The van der Waals surface area contributed by atoms with Crippen LogP contribution in [0.15, 0.2) is 12.1 Å². The highest BCUT2D eigenvalue weighted by Crippen LogP contribution is 2.35. The highest BCUT2D eigenvalue weighted by molar-refractivity contribution is 5.33. The van der Waals surface area contributed by atoms with Crippen molar-refractivity contribution in [3.63, 3.8) is 0 Å². The topological polar surface area (TPSA) is 36.9 Å². The van der Waals surface area contributed by atoms with Gasteiger partial charge in [-0.3, -0.25) is 0 Å². The van der Waals surface area contributed by atoms with Gasteiger partial charge in [-0.2, -0.15) is 4.39 Å². The molecule has 4 nitrogen and oxygen atoms in total. The van der Waals surface area contributed by atoms with Crippen molar-refractivity contribution in [1.82, 2.24) is 0 Å². The molecule has 3 rings (SSSR count). The lowest BCUT2D eigenvalue weighted by molar-refractivity contribution is -0.277. The summed E-state index contributed by atoms with van der Waals surface area (Å²) in [5.41, 5.74) is -1.17. The lowest BCUT2D eigenvalue weighted by Gasteiger charge is -2.39. The summed E-state index contributed by atoms with van der Waals surface area (Å²) in [7, 11) is 0. The van der Waals surface area contributed by atoms with E-state index in [0.717, 1.165) is 0 Å². The Morgan fingerprint density at radius 1 is 1.08 bits per heavy atom. The molecular weight excluding hydrogens is 349 g/mol. The van der Waals surface area contributed by atoms with Gasteiger partial charge in [0.25, 0.3) is 0 Å². The number of rotatable bonds is 5. The second-order valence-corrected chi connectivity index (χ2v) is 6.85. The minimum atomic E-state index is -1.45. The maximum absolute atomic E-state index is 14.3. The highest BCUT2D eigenvalue weighted by Gasteiger charge is 2.40.